The molecule has 234 valence electrons. The summed E-state index contributed by atoms with van der Waals surface area (Å²) in [6.45, 7) is 0.591. The Kier molecular flexibility index (Phi) is 8.50. The lowest BCUT2D eigenvalue weighted by Gasteiger charge is -2.45. The van der Waals surface area contributed by atoms with Crippen LogP contribution in [0.1, 0.15) is 61.1 Å². The van der Waals surface area contributed by atoms with Crippen LogP contribution in [0.2, 0.25) is 5.02 Å². The minimum Gasteiger partial charge on any atom is -0.469 e. The van der Waals surface area contributed by atoms with Crippen molar-refractivity contribution >= 4 is 46.9 Å². The molecule has 3 aromatic carbocycles. The highest BCUT2D eigenvalue weighted by atomic mass is 35.5. The Morgan fingerprint density at radius 2 is 1.89 bits per heavy atom. The van der Waals surface area contributed by atoms with Crippen LogP contribution in [0.5, 0.6) is 0 Å². The number of carbonyl (C=O) groups excluding carboxylic acids is 4. The van der Waals surface area contributed by atoms with Crippen LogP contribution in [0.15, 0.2) is 54.6 Å². The fraction of sp³-hybridized carbons (Fsp3) is 0.353. The Bertz CT molecular complexity index is 1700. The molecule has 3 aliphatic heterocycles. The van der Waals surface area contributed by atoms with Crippen LogP contribution in [-0.4, -0.2) is 49.0 Å². The van der Waals surface area contributed by atoms with Crippen molar-refractivity contribution in [2.75, 3.05) is 30.8 Å². The molecule has 3 heterocycles. The average molecular weight is 634 g/mol. The molecule has 3 amide bonds. The molecular weight excluding hydrogens is 601 g/mol. The molecule has 0 saturated carbocycles. The first-order valence-corrected chi connectivity index (χ1v) is 15.4. The number of benzene rings is 3. The largest absolute Gasteiger partial charge is 0.469 e. The predicted octanol–water partition coefficient (Wildman–Crippen LogP) is 6.54. The van der Waals surface area contributed by atoms with Crippen molar-refractivity contribution in [1.82, 2.24) is 4.90 Å². The molecule has 3 aliphatic rings. The zero-order valence-electron chi connectivity index (χ0n) is 24.8. The Labute approximate surface area is 265 Å². The van der Waals surface area contributed by atoms with Gasteiger partial charge in [-0.15, -0.1) is 0 Å². The number of ether oxygens (including phenoxy) is 2. The van der Waals surface area contributed by atoms with Gasteiger partial charge in [-0.2, -0.15) is 0 Å². The quantitative estimate of drug-likeness (QED) is 0.317. The number of hydrogen-bond donors (Lipinski definition) is 2. The maximum absolute atomic E-state index is 15.3. The molecule has 0 aromatic heterocycles. The number of hydrogen-bond acceptors (Lipinski definition) is 6. The van der Waals surface area contributed by atoms with E-state index in [1.807, 2.05) is 0 Å². The molecule has 3 aromatic rings. The lowest BCUT2D eigenvalue weighted by atomic mass is 9.82. The summed E-state index contributed by atoms with van der Waals surface area (Å²) in [6.07, 6.45) is 2.26. The summed E-state index contributed by atoms with van der Waals surface area (Å²) in [6, 6.07) is 14.9. The van der Waals surface area contributed by atoms with E-state index in [0.717, 1.165) is 0 Å². The van der Waals surface area contributed by atoms with Gasteiger partial charge < -0.3 is 19.7 Å². The van der Waals surface area contributed by atoms with E-state index < -0.39 is 29.4 Å². The number of anilines is 2. The van der Waals surface area contributed by atoms with Crippen molar-refractivity contribution in [1.29, 1.82) is 0 Å². The van der Waals surface area contributed by atoms with Crippen LogP contribution >= 0.6 is 11.6 Å². The second-order valence-electron chi connectivity index (χ2n) is 11.8. The van der Waals surface area contributed by atoms with Gasteiger partial charge >= 0.3 is 12.1 Å². The third-order valence-corrected chi connectivity index (χ3v) is 9.01. The second kappa shape index (κ2) is 12.5. The number of carbonyl (C=O) groups is 4. The fourth-order valence-corrected chi connectivity index (χ4v) is 6.82. The van der Waals surface area contributed by atoms with Gasteiger partial charge in [-0.25, -0.2) is 9.18 Å². The number of piperidine rings is 1. The summed E-state index contributed by atoms with van der Waals surface area (Å²) in [5, 5.41) is 6.14. The Morgan fingerprint density at radius 1 is 1.04 bits per heavy atom. The van der Waals surface area contributed by atoms with Gasteiger partial charge in [-0.05, 0) is 78.8 Å². The zero-order chi connectivity index (χ0) is 31.7. The number of nitrogens with one attached hydrogen (secondary N) is 2. The third-order valence-electron chi connectivity index (χ3n) is 8.78. The van der Waals surface area contributed by atoms with Crippen molar-refractivity contribution < 1.29 is 33.0 Å². The molecule has 0 aliphatic carbocycles. The second-order valence-corrected chi connectivity index (χ2v) is 12.3. The van der Waals surface area contributed by atoms with Gasteiger partial charge in [0.2, 0.25) is 11.8 Å². The Balaban J connectivity index is 1.36. The number of amides is 3. The summed E-state index contributed by atoms with van der Waals surface area (Å²) in [4.78, 5) is 53.5. The van der Waals surface area contributed by atoms with E-state index in [0.29, 0.717) is 82.9 Å². The monoisotopic (exact) mass is 633 g/mol. The minimum atomic E-state index is -1.06. The normalized spacial score (nSPS) is 21.2. The molecule has 2 bridgehead atoms. The van der Waals surface area contributed by atoms with E-state index in [2.05, 4.69) is 10.6 Å². The van der Waals surface area contributed by atoms with Gasteiger partial charge in [0.15, 0.2) is 5.60 Å². The van der Waals surface area contributed by atoms with E-state index in [4.69, 9.17) is 21.1 Å². The minimum absolute atomic E-state index is 0.0179. The van der Waals surface area contributed by atoms with Crippen LogP contribution in [0.25, 0.3) is 11.1 Å². The number of rotatable bonds is 3. The number of halogens is 2. The molecule has 45 heavy (non-hydrogen) atoms. The van der Waals surface area contributed by atoms with Gasteiger partial charge in [0, 0.05) is 34.8 Å². The Morgan fingerprint density at radius 3 is 2.71 bits per heavy atom. The van der Waals surface area contributed by atoms with Gasteiger partial charge in [-0.3, -0.25) is 19.7 Å². The zero-order valence-corrected chi connectivity index (χ0v) is 25.5. The van der Waals surface area contributed by atoms with E-state index in [-0.39, 0.29) is 31.2 Å². The average Bonchev–Trinajstić information content (AvgIpc) is 3.00. The van der Waals surface area contributed by atoms with Crippen LogP contribution in [-0.2, 0) is 35.9 Å². The number of fused-ring (bicyclic) bond motifs is 6. The van der Waals surface area contributed by atoms with Crippen molar-refractivity contribution in [3.05, 3.63) is 82.1 Å². The van der Waals surface area contributed by atoms with Crippen molar-refractivity contribution in [2.24, 2.45) is 0 Å². The first-order chi connectivity index (χ1) is 21.6. The molecular formula is C34H33ClFN3O6. The molecule has 1 fully saturated rings. The molecule has 1 spiro atoms. The molecule has 6 rings (SSSR count). The molecule has 0 radical (unpaired) electrons. The SMILES string of the molecule is COC(=O)Cc1ccc2c(c1)NC(=O)CCCC[C@@H](C(=O)N1CCC[C@@]3(C1)OC(=O)Nc1ccc(Cl)cc13)c1cc(F)cc-2c1. The Hall–Kier alpha value is -4.44. The number of esters is 1. The van der Waals surface area contributed by atoms with Crippen LogP contribution in [0.3, 0.4) is 0 Å². The first-order valence-electron chi connectivity index (χ1n) is 15.0. The van der Waals surface area contributed by atoms with Crippen molar-refractivity contribution in [3.8, 4) is 11.1 Å². The highest BCUT2D eigenvalue weighted by Gasteiger charge is 2.47. The lowest BCUT2D eigenvalue weighted by molar-refractivity contribution is -0.141. The van der Waals surface area contributed by atoms with Crippen LogP contribution in [0.4, 0.5) is 20.6 Å². The maximum Gasteiger partial charge on any atom is 0.412 e. The van der Waals surface area contributed by atoms with Crippen LogP contribution < -0.4 is 10.6 Å². The molecule has 1 saturated heterocycles. The van der Waals surface area contributed by atoms with Gasteiger partial charge in [0.25, 0.3) is 0 Å². The highest BCUT2D eigenvalue weighted by Crippen LogP contribution is 2.44. The van der Waals surface area contributed by atoms with E-state index in [1.165, 1.54) is 19.2 Å². The maximum atomic E-state index is 15.3. The smallest absolute Gasteiger partial charge is 0.412 e. The number of nitrogens with zero attached hydrogens (tertiary/aromatic N) is 1. The first kappa shape index (κ1) is 30.6. The van der Waals surface area contributed by atoms with E-state index >= 15 is 4.39 Å². The summed E-state index contributed by atoms with van der Waals surface area (Å²) in [7, 11) is 1.31. The van der Waals surface area contributed by atoms with Gasteiger partial charge in [0.1, 0.15) is 5.82 Å². The molecule has 11 heteroatoms. The summed E-state index contributed by atoms with van der Waals surface area (Å²) in [5.41, 5.74) is 2.92. The van der Waals surface area contributed by atoms with Crippen LogP contribution in [0, 0.1) is 5.82 Å². The number of methoxy groups -OCH3 is 1. The van der Waals surface area contributed by atoms with Gasteiger partial charge in [-0.1, -0.05) is 36.2 Å². The standard InChI is InChI=1S/C34H33ClFN3O6/c1-44-31(41)14-20-7-9-25-21-15-22(17-24(36)16-21)26(5-2-3-6-30(40)37-29(25)13-20)32(42)39-12-4-11-34(19-39)27-18-23(35)8-10-28(27)38-33(43)45-34/h7-10,13,15-18,26H,2-6,11-12,14,19H2,1H3,(H,37,40)(H,38,43)/t26-,34+/m1/s1. The summed E-state index contributed by atoms with van der Waals surface area (Å²) < 4.78 is 26.0. The van der Waals surface area contributed by atoms with E-state index in [9.17, 15) is 19.2 Å². The lowest BCUT2D eigenvalue weighted by Crippen LogP contribution is -2.54. The van der Waals surface area contributed by atoms with Crippen molar-refractivity contribution in [2.45, 2.75) is 56.5 Å². The van der Waals surface area contributed by atoms with Gasteiger partial charge in [0.05, 0.1) is 31.7 Å². The highest BCUT2D eigenvalue weighted by molar-refractivity contribution is 6.30. The molecule has 0 unspecified atom stereocenters. The molecule has 2 atom stereocenters. The molecule has 2 N–H and O–H groups in total. The number of likely N-dealkylation sites (tertiary alicyclic amines) is 1. The third kappa shape index (κ3) is 6.38. The fourth-order valence-electron chi connectivity index (χ4n) is 6.65. The topological polar surface area (TPSA) is 114 Å². The van der Waals surface area contributed by atoms with E-state index in [1.54, 1.807) is 47.4 Å². The molecule has 9 nitrogen and oxygen atoms in total. The predicted molar refractivity (Wildman–Crippen MR) is 166 cm³/mol. The van der Waals surface area contributed by atoms with Crippen molar-refractivity contribution in [3.63, 3.8) is 0 Å². The summed E-state index contributed by atoms with van der Waals surface area (Å²) >= 11 is 6.33. The summed E-state index contributed by atoms with van der Waals surface area (Å²) in [5.74, 6) is -2.03.